The van der Waals surface area contributed by atoms with Gasteiger partial charge in [-0.3, -0.25) is 0 Å². The van der Waals surface area contributed by atoms with Gasteiger partial charge in [-0.05, 0) is 52.9 Å². The predicted octanol–water partition coefficient (Wildman–Crippen LogP) is 3.95. The van der Waals surface area contributed by atoms with Gasteiger partial charge in [-0.15, -0.1) is 0 Å². The van der Waals surface area contributed by atoms with Crippen molar-refractivity contribution in [3.05, 3.63) is 28.2 Å². The molecule has 1 unspecified atom stereocenters. The van der Waals surface area contributed by atoms with Gasteiger partial charge in [0.15, 0.2) is 0 Å². The van der Waals surface area contributed by atoms with E-state index in [1.54, 1.807) is 0 Å². The molecule has 1 aliphatic rings. The Bertz CT molecular complexity index is 436. The van der Waals surface area contributed by atoms with Crippen molar-refractivity contribution in [1.82, 2.24) is 0 Å². The molecule has 1 aliphatic heterocycles. The topological polar surface area (TPSA) is 27.0 Å². The van der Waals surface area contributed by atoms with Crippen LogP contribution in [0.25, 0.3) is 0 Å². The van der Waals surface area contributed by atoms with E-state index in [0.29, 0.717) is 5.56 Å². The number of nitriles is 1. The third kappa shape index (κ3) is 2.81. The van der Waals surface area contributed by atoms with Crippen LogP contribution in [0, 0.1) is 17.2 Å². The average Bonchev–Trinajstić information content (AvgIpc) is 2.38. The van der Waals surface area contributed by atoms with Gasteiger partial charge < -0.3 is 4.90 Å². The second kappa shape index (κ2) is 5.55. The summed E-state index contributed by atoms with van der Waals surface area (Å²) >= 11 is 3.57. The highest BCUT2D eigenvalue weighted by Crippen LogP contribution is 2.31. The fraction of sp³-hybridized carbons (Fsp3) is 0.500. The Morgan fingerprint density at radius 1 is 1.53 bits per heavy atom. The first-order valence-corrected chi connectivity index (χ1v) is 6.98. The molecule has 0 saturated carbocycles. The zero-order valence-electron chi connectivity index (χ0n) is 10.1. The number of rotatable bonds is 2. The van der Waals surface area contributed by atoms with Gasteiger partial charge in [-0.1, -0.05) is 13.3 Å². The lowest BCUT2D eigenvalue weighted by molar-refractivity contribution is 0.404. The molecule has 0 bridgehead atoms. The Kier molecular flexibility index (Phi) is 4.06. The first-order chi connectivity index (χ1) is 8.24. The van der Waals surface area contributed by atoms with Gasteiger partial charge in [0.2, 0.25) is 0 Å². The van der Waals surface area contributed by atoms with Crippen LogP contribution in [0.3, 0.4) is 0 Å². The molecule has 1 aromatic carbocycles. The van der Waals surface area contributed by atoms with Crippen molar-refractivity contribution in [1.29, 1.82) is 5.26 Å². The lowest BCUT2D eigenvalue weighted by atomic mass is 9.95. The summed E-state index contributed by atoms with van der Waals surface area (Å²) in [5.74, 6) is 0.811. The highest BCUT2D eigenvalue weighted by Gasteiger charge is 2.20. The van der Waals surface area contributed by atoms with Crippen LogP contribution in [0.15, 0.2) is 22.7 Å². The Balaban J connectivity index is 2.19. The molecule has 1 heterocycles. The van der Waals surface area contributed by atoms with Crippen LogP contribution in [0.2, 0.25) is 0 Å². The van der Waals surface area contributed by atoms with Crippen LogP contribution in [0.5, 0.6) is 0 Å². The molecule has 2 rings (SSSR count). The summed E-state index contributed by atoms with van der Waals surface area (Å²) < 4.78 is 1.04. The molecule has 1 atom stereocenters. The minimum absolute atomic E-state index is 0.713. The molecule has 17 heavy (non-hydrogen) atoms. The van der Waals surface area contributed by atoms with E-state index >= 15 is 0 Å². The summed E-state index contributed by atoms with van der Waals surface area (Å²) in [6.45, 7) is 4.53. The number of piperidine rings is 1. The third-order valence-electron chi connectivity index (χ3n) is 3.51. The maximum atomic E-state index is 8.86. The summed E-state index contributed by atoms with van der Waals surface area (Å²) in [6.07, 6.45) is 3.87. The van der Waals surface area contributed by atoms with Crippen molar-refractivity contribution >= 4 is 21.6 Å². The number of nitrogens with zero attached hydrogens (tertiary/aromatic N) is 2. The van der Waals surface area contributed by atoms with Gasteiger partial charge in [0, 0.05) is 17.6 Å². The molecule has 0 amide bonds. The van der Waals surface area contributed by atoms with Gasteiger partial charge in [-0.2, -0.15) is 5.26 Å². The lowest BCUT2D eigenvalue weighted by Crippen LogP contribution is -2.35. The highest BCUT2D eigenvalue weighted by atomic mass is 79.9. The summed E-state index contributed by atoms with van der Waals surface area (Å²) in [4.78, 5) is 2.43. The summed E-state index contributed by atoms with van der Waals surface area (Å²) in [5, 5.41) is 8.86. The summed E-state index contributed by atoms with van der Waals surface area (Å²) in [6, 6.07) is 8.03. The monoisotopic (exact) mass is 292 g/mol. The molecule has 3 heteroatoms. The van der Waals surface area contributed by atoms with Crippen molar-refractivity contribution < 1.29 is 0 Å². The van der Waals surface area contributed by atoms with E-state index < -0.39 is 0 Å². The van der Waals surface area contributed by atoms with E-state index in [1.165, 1.54) is 24.9 Å². The maximum absolute atomic E-state index is 8.86. The zero-order valence-corrected chi connectivity index (χ0v) is 11.7. The Hall–Kier alpha value is -1.01. The molecule has 0 spiro atoms. The minimum Gasteiger partial charge on any atom is -0.370 e. The first kappa shape index (κ1) is 12.4. The largest absolute Gasteiger partial charge is 0.370 e. The van der Waals surface area contributed by atoms with Crippen LogP contribution >= 0.6 is 15.9 Å². The molecule has 1 fully saturated rings. The molecule has 2 nitrogen and oxygen atoms in total. The number of anilines is 1. The quantitative estimate of drug-likeness (QED) is 0.825. The van der Waals surface area contributed by atoms with Gasteiger partial charge in [0.1, 0.15) is 0 Å². The predicted molar refractivity (Wildman–Crippen MR) is 74.1 cm³/mol. The minimum atomic E-state index is 0.713. The smallest absolute Gasteiger partial charge is 0.0992 e. The number of hydrogen-bond acceptors (Lipinski definition) is 2. The Labute approximate surface area is 111 Å². The van der Waals surface area contributed by atoms with E-state index in [-0.39, 0.29) is 0 Å². The molecule has 1 aromatic rings. The maximum Gasteiger partial charge on any atom is 0.0992 e. The Morgan fingerprint density at radius 2 is 2.35 bits per heavy atom. The van der Waals surface area contributed by atoms with E-state index in [4.69, 9.17) is 5.26 Å². The summed E-state index contributed by atoms with van der Waals surface area (Å²) in [7, 11) is 0. The van der Waals surface area contributed by atoms with Gasteiger partial charge >= 0.3 is 0 Å². The molecule has 90 valence electrons. The Morgan fingerprint density at radius 3 is 3.00 bits per heavy atom. The van der Waals surface area contributed by atoms with E-state index in [1.807, 2.05) is 12.1 Å². The molecule has 0 aromatic heterocycles. The van der Waals surface area contributed by atoms with Crippen molar-refractivity contribution in [2.45, 2.75) is 26.2 Å². The molecular formula is C14H17BrN2. The van der Waals surface area contributed by atoms with Gasteiger partial charge in [0.25, 0.3) is 0 Å². The zero-order chi connectivity index (χ0) is 12.3. The highest BCUT2D eigenvalue weighted by molar-refractivity contribution is 9.10. The summed E-state index contributed by atoms with van der Waals surface area (Å²) in [5.41, 5.74) is 1.94. The van der Waals surface area contributed by atoms with Crippen LogP contribution in [-0.2, 0) is 0 Å². The number of hydrogen-bond donors (Lipinski definition) is 0. The second-order valence-corrected chi connectivity index (χ2v) is 5.49. The van der Waals surface area contributed by atoms with Crippen molar-refractivity contribution in [3.63, 3.8) is 0 Å². The molecule has 1 saturated heterocycles. The van der Waals surface area contributed by atoms with Crippen LogP contribution in [-0.4, -0.2) is 13.1 Å². The first-order valence-electron chi connectivity index (χ1n) is 6.19. The van der Waals surface area contributed by atoms with Gasteiger partial charge in [-0.25, -0.2) is 0 Å². The number of halogens is 1. The van der Waals surface area contributed by atoms with Crippen molar-refractivity contribution in [2.75, 3.05) is 18.0 Å². The normalized spacial score (nSPS) is 20.1. The fourth-order valence-corrected chi connectivity index (χ4v) is 3.08. The fourth-order valence-electron chi connectivity index (χ4n) is 2.45. The second-order valence-electron chi connectivity index (χ2n) is 4.64. The molecular weight excluding hydrogens is 276 g/mol. The lowest BCUT2D eigenvalue weighted by Gasteiger charge is -2.34. The van der Waals surface area contributed by atoms with Crippen LogP contribution in [0.1, 0.15) is 31.7 Å². The van der Waals surface area contributed by atoms with Crippen molar-refractivity contribution in [3.8, 4) is 6.07 Å². The van der Waals surface area contributed by atoms with Gasteiger partial charge in [0.05, 0.1) is 17.3 Å². The number of benzene rings is 1. The average molecular weight is 293 g/mol. The third-order valence-corrected chi connectivity index (χ3v) is 4.15. The van der Waals surface area contributed by atoms with Crippen LogP contribution in [0.4, 0.5) is 5.69 Å². The molecule has 0 aliphatic carbocycles. The molecule has 0 N–H and O–H groups in total. The van der Waals surface area contributed by atoms with E-state index in [2.05, 4.69) is 39.9 Å². The van der Waals surface area contributed by atoms with Crippen LogP contribution < -0.4 is 4.90 Å². The SMILES string of the molecule is CCC1CCCN(c2ccc(C#N)cc2Br)C1. The van der Waals surface area contributed by atoms with E-state index in [9.17, 15) is 0 Å². The standard InChI is InChI=1S/C14H17BrN2/c1-2-11-4-3-7-17(10-11)14-6-5-12(9-16)8-13(14)15/h5-6,8,11H,2-4,7,10H2,1H3. The van der Waals surface area contributed by atoms with Crippen molar-refractivity contribution in [2.24, 2.45) is 5.92 Å². The van der Waals surface area contributed by atoms with E-state index in [0.717, 1.165) is 23.5 Å². The molecule has 0 radical (unpaired) electrons.